The van der Waals surface area contributed by atoms with Crippen molar-refractivity contribution in [2.75, 3.05) is 0 Å². The molecule has 0 aromatic heterocycles. The summed E-state index contributed by atoms with van der Waals surface area (Å²) in [6.07, 6.45) is 8.04. The average molecular weight is 405 g/mol. The highest BCUT2D eigenvalue weighted by atomic mass is 16.5. The number of carbonyl (C=O) groups is 1. The third-order valence-electron chi connectivity index (χ3n) is 5.81. The van der Waals surface area contributed by atoms with Gasteiger partial charge in [-0.15, -0.1) is 0 Å². The number of ketones is 1. The summed E-state index contributed by atoms with van der Waals surface area (Å²) in [5, 5.41) is 20.0. The van der Waals surface area contributed by atoms with E-state index >= 15 is 0 Å². The van der Waals surface area contributed by atoms with Crippen molar-refractivity contribution in [2.45, 2.75) is 58.5 Å². The molecule has 0 spiro atoms. The molecule has 0 saturated heterocycles. The molecule has 0 bridgehead atoms. The molecule has 2 N–H and O–H groups in total. The fraction of sp³-hybridized carbons (Fsp3) is 0.346. The SMILES string of the molecule is CC(C)=CCc1cc([C@@H]2CC(=O)c3c(O)cc(O)cc3C2)cc2c1OC(C)(C)C=C2. The molecule has 1 aliphatic carbocycles. The Hall–Kier alpha value is -3.01. The molecule has 4 rings (SSSR count). The number of ether oxygens (including phenoxy) is 1. The van der Waals surface area contributed by atoms with Gasteiger partial charge in [-0.1, -0.05) is 23.8 Å². The first kappa shape index (κ1) is 20.3. The van der Waals surface area contributed by atoms with Crippen LogP contribution in [0.15, 0.2) is 42.0 Å². The Morgan fingerprint density at radius 2 is 1.93 bits per heavy atom. The highest BCUT2D eigenvalue weighted by molar-refractivity contribution is 6.01. The minimum atomic E-state index is -0.358. The number of phenolic OH excluding ortho intramolecular Hbond substituents is 2. The fourth-order valence-corrected chi connectivity index (χ4v) is 4.33. The molecular weight excluding hydrogens is 376 g/mol. The van der Waals surface area contributed by atoms with Crippen LogP contribution < -0.4 is 4.74 Å². The van der Waals surface area contributed by atoms with Gasteiger partial charge in [0.2, 0.25) is 0 Å². The van der Waals surface area contributed by atoms with Crippen molar-refractivity contribution in [3.05, 3.63) is 69.8 Å². The summed E-state index contributed by atoms with van der Waals surface area (Å²) < 4.78 is 6.28. The highest BCUT2D eigenvalue weighted by Gasteiger charge is 2.31. The minimum Gasteiger partial charge on any atom is -0.508 e. The second kappa shape index (κ2) is 7.35. The topological polar surface area (TPSA) is 66.8 Å². The van der Waals surface area contributed by atoms with Crippen molar-refractivity contribution in [2.24, 2.45) is 0 Å². The van der Waals surface area contributed by atoms with E-state index in [0.717, 1.165) is 28.9 Å². The van der Waals surface area contributed by atoms with E-state index in [1.807, 2.05) is 13.8 Å². The predicted molar refractivity (Wildman–Crippen MR) is 118 cm³/mol. The normalized spacial score (nSPS) is 18.9. The minimum absolute atomic E-state index is 0.00899. The fourth-order valence-electron chi connectivity index (χ4n) is 4.33. The van der Waals surface area contributed by atoms with Crippen molar-refractivity contribution in [1.82, 2.24) is 0 Å². The zero-order valence-corrected chi connectivity index (χ0v) is 18.0. The van der Waals surface area contributed by atoms with E-state index in [4.69, 9.17) is 4.74 Å². The number of rotatable bonds is 3. The van der Waals surface area contributed by atoms with E-state index in [1.54, 1.807) is 6.07 Å². The van der Waals surface area contributed by atoms with Crippen molar-refractivity contribution < 1.29 is 19.7 Å². The maximum absolute atomic E-state index is 12.8. The third kappa shape index (κ3) is 3.87. The van der Waals surface area contributed by atoms with Gasteiger partial charge in [0.25, 0.3) is 0 Å². The van der Waals surface area contributed by atoms with E-state index < -0.39 is 0 Å². The maximum atomic E-state index is 12.8. The van der Waals surface area contributed by atoms with Gasteiger partial charge in [0.1, 0.15) is 22.8 Å². The van der Waals surface area contributed by atoms with E-state index in [9.17, 15) is 15.0 Å². The van der Waals surface area contributed by atoms with E-state index in [2.05, 4.69) is 44.2 Å². The maximum Gasteiger partial charge on any atom is 0.167 e. The summed E-state index contributed by atoms with van der Waals surface area (Å²) in [5.41, 5.74) is 5.15. The van der Waals surface area contributed by atoms with E-state index in [0.29, 0.717) is 24.0 Å². The van der Waals surface area contributed by atoms with E-state index in [-0.39, 0.29) is 28.8 Å². The van der Waals surface area contributed by atoms with Crippen LogP contribution in [0.4, 0.5) is 0 Å². The van der Waals surface area contributed by atoms with Crippen LogP contribution in [0.25, 0.3) is 6.08 Å². The Morgan fingerprint density at radius 1 is 1.17 bits per heavy atom. The van der Waals surface area contributed by atoms with Gasteiger partial charge in [-0.25, -0.2) is 0 Å². The summed E-state index contributed by atoms with van der Waals surface area (Å²) in [6, 6.07) is 7.09. The van der Waals surface area contributed by atoms with Crippen molar-refractivity contribution in [3.8, 4) is 17.2 Å². The molecule has 0 unspecified atom stereocenters. The molecule has 1 aliphatic heterocycles. The lowest BCUT2D eigenvalue weighted by Crippen LogP contribution is -2.28. The molecule has 2 aliphatic rings. The van der Waals surface area contributed by atoms with Crippen molar-refractivity contribution >= 4 is 11.9 Å². The number of benzene rings is 2. The van der Waals surface area contributed by atoms with Gasteiger partial charge in [-0.3, -0.25) is 4.79 Å². The van der Waals surface area contributed by atoms with Gasteiger partial charge in [-0.05, 0) is 81.4 Å². The van der Waals surface area contributed by atoms with Crippen LogP contribution >= 0.6 is 0 Å². The molecule has 156 valence electrons. The van der Waals surface area contributed by atoms with Gasteiger partial charge in [0, 0.05) is 18.1 Å². The molecule has 0 amide bonds. The summed E-state index contributed by atoms with van der Waals surface area (Å²) >= 11 is 0. The quantitative estimate of drug-likeness (QED) is 0.644. The predicted octanol–water partition coefficient (Wildman–Crippen LogP) is 5.70. The monoisotopic (exact) mass is 404 g/mol. The zero-order chi connectivity index (χ0) is 21.6. The largest absolute Gasteiger partial charge is 0.508 e. The Balaban J connectivity index is 1.77. The van der Waals surface area contributed by atoms with Gasteiger partial charge in [0.15, 0.2) is 5.78 Å². The van der Waals surface area contributed by atoms with Crippen molar-refractivity contribution in [3.63, 3.8) is 0 Å². The first-order chi connectivity index (χ1) is 14.1. The van der Waals surface area contributed by atoms with Crippen LogP contribution in [-0.2, 0) is 12.8 Å². The van der Waals surface area contributed by atoms with Crippen LogP contribution in [0.2, 0.25) is 0 Å². The molecule has 2 aromatic rings. The van der Waals surface area contributed by atoms with Gasteiger partial charge < -0.3 is 14.9 Å². The molecule has 4 heteroatoms. The summed E-state index contributed by atoms with van der Waals surface area (Å²) in [5.74, 6) is 0.650. The highest BCUT2D eigenvalue weighted by Crippen LogP contribution is 2.42. The molecule has 4 nitrogen and oxygen atoms in total. The van der Waals surface area contributed by atoms with Crippen LogP contribution in [-0.4, -0.2) is 21.6 Å². The number of aromatic hydroxyl groups is 2. The summed E-state index contributed by atoms with van der Waals surface area (Å²) in [6.45, 7) is 8.24. The second-order valence-electron chi connectivity index (χ2n) is 9.15. The second-order valence-corrected chi connectivity index (χ2v) is 9.15. The van der Waals surface area contributed by atoms with E-state index in [1.165, 1.54) is 11.6 Å². The standard InChI is InChI=1S/C26H28O4/c1-15(2)5-6-16-9-18(10-17-7-8-26(3,4)30-25(16)17)19-11-20-12-21(27)14-23(29)24(20)22(28)13-19/h5,7-10,12,14,19,27,29H,6,11,13H2,1-4H3/t19-/m0/s1. The smallest absolute Gasteiger partial charge is 0.167 e. The lowest BCUT2D eigenvalue weighted by molar-refractivity contribution is 0.0961. The Kier molecular flexibility index (Phi) is 4.97. The zero-order valence-electron chi connectivity index (χ0n) is 18.0. The van der Waals surface area contributed by atoms with Crippen LogP contribution in [0.1, 0.15) is 72.6 Å². The average Bonchev–Trinajstić information content (AvgIpc) is 2.64. The summed E-state index contributed by atoms with van der Waals surface area (Å²) in [4.78, 5) is 12.8. The van der Waals surface area contributed by atoms with Crippen LogP contribution in [0.3, 0.4) is 0 Å². The lowest BCUT2D eigenvalue weighted by Gasteiger charge is -2.31. The molecule has 30 heavy (non-hydrogen) atoms. The number of carbonyl (C=O) groups excluding carboxylic acids is 1. The number of fused-ring (bicyclic) bond motifs is 2. The Morgan fingerprint density at radius 3 is 2.67 bits per heavy atom. The Labute approximate surface area is 177 Å². The number of allylic oxidation sites excluding steroid dienone is 2. The van der Waals surface area contributed by atoms with Crippen LogP contribution in [0, 0.1) is 0 Å². The number of hydrogen-bond acceptors (Lipinski definition) is 4. The summed E-state index contributed by atoms with van der Waals surface area (Å²) in [7, 11) is 0. The number of phenols is 2. The third-order valence-corrected chi connectivity index (χ3v) is 5.81. The molecule has 1 atom stereocenters. The molecular formula is C26H28O4. The molecule has 1 heterocycles. The van der Waals surface area contributed by atoms with Crippen LogP contribution in [0.5, 0.6) is 17.2 Å². The molecule has 0 fully saturated rings. The molecule has 0 saturated carbocycles. The first-order valence-electron chi connectivity index (χ1n) is 10.4. The number of Topliss-reactive ketones (excluding diaryl/α,β-unsaturated/α-hetero) is 1. The molecule has 0 radical (unpaired) electrons. The first-order valence-corrected chi connectivity index (χ1v) is 10.4. The lowest BCUT2D eigenvalue weighted by atomic mass is 9.78. The number of hydrogen-bond donors (Lipinski definition) is 2. The van der Waals surface area contributed by atoms with Crippen molar-refractivity contribution in [1.29, 1.82) is 0 Å². The Bertz CT molecular complexity index is 1080. The van der Waals surface area contributed by atoms with Gasteiger partial charge >= 0.3 is 0 Å². The van der Waals surface area contributed by atoms with Gasteiger partial charge in [0.05, 0.1) is 5.56 Å². The molecule has 2 aromatic carbocycles. The van der Waals surface area contributed by atoms with Gasteiger partial charge in [-0.2, -0.15) is 0 Å².